The predicted molar refractivity (Wildman–Crippen MR) is 45.8 cm³/mol. The number of hydrogen-bond acceptors (Lipinski definition) is 3. The Hall–Kier alpha value is -1.57. The fraction of sp³-hybridized carbons (Fsp3) is 0.444. The highest BCUT2D eigenvalue weighted by atomic mass is 19.3. The van der Waals surface area contributed by atoms with Crippen LogP contribution in [0.5, 0.6) is 0 Å². The number of aromatic nitrogens is 2. The lowest BCUT2D eigenvalue weighted by Gasteiger charge is -2.08. The number of hydrogen-bond donors (Lipinski definition) is 0. The van der Waals surface area contributed by atoms with Gasteiger partial charge in [-0.25, -0.2) is 18.7 Å². The molecule has 1 heterocycles. The van der Waals surface area contributed by atoms with Crippen LogP contribution in [0.4, 0.5) is 8.78 Å². The van der Waals surface area contributed by atoms with E-state index in [9.17, 15) is 8.78 Å². The Bertz CT molecular complexity index is 343. The Labute approximate surface area is 80.4 Å². The molecule has 0 aliphatic heterocycles. The average Bonchev–Trinajstić information content (AvgIpc) is 2.16. The third-order valence-electron chi connectivity index (χ3n) is 1.77. The maximum atomic E-state index is 12.4. The second-order valence-corrected chi connectivity index (χ2v) is 3.09. The normalized spacial score (nSPS) is 10.6. The number of halogens is 2. The number of alkyl halides is 2. The minimum absolute atomic E-state index is 0.0647. The molecule has 0 bridgehead atoms. The van der Waals surface area contributed by atoms with Crippen molar-refractivity contribution in [2.24, 2.45) is 0 Å². The summed E-state index contributed by atoms with van der Waals surface area (Å²) in [7, 11) is 0. The molecule has 0 spiro atoms. The first-order chi connectivity index (χ1) is 6.57. The Kier molecular flexibility index (Phi) is 3.07. The first-order valence-electron chi connectivity index (χ1n) is 4.11. The zero-order chi connectivity index (χ0) is 10.7. The Balaban J connectivity index is 3.34. The standard InChI is InChI=1S/C9H9F2N3/c1-5(2)7-6(3-12)8(9(10)11)14-4-13-7/h4-5,9H,1-2H3. The van der Waals surface area contributed by atoms with Gasteiger partial charge in [0.05, 0.1) is 5.69 Å². The van der Waals surface area contributed by atoms with E-state index in [0.29, 0.717) is 5.69 Å². The first-order valence-corrected chi connectivity index (χ1v) is 4.11. The fourth-order valence-electron chi connectivity index (χ4n) is 1.13. The van der Waals surface area contributed by atoms with E-state index < -0.39 is 12.1 Å². The van der Waals surface area contributed by atoms with Crippen molar-refractivity contribution in [3.63, 3.8) is 0 Å². The van der Waals surface area contributed by atoms with Crippen LogP contribution in [0.15, 0.2) is 6.33 Å². The molecule has 0 N–H and O–H groups in total. The maximum absolute atomic E-state index is 12.4. The number of rotatable bonds is 2. The molecule has 0 unspecified atom stereocenters. The minimum Gasteiger partial charge on any atom is -0.240 e. The average molecular weight is 197 g/mol. The van der Waals surface area contributed by atoms with Gasteiger partial charge in [-0.05, 0) is 5.92 Å². The van der Waals surface area contributed by atoms with E-state index in [1.807, 2.05) is 0 Å². The molecule has 0 saturated carbocycles. The van der Waals surface area contributed by atoms with Gasteiger partial charge >= 0.3 is 0 Å². The molecule has 0 aromatic carbocycles. The van der Waals surface area contributed by atoms with Gasteiger partial charge in [-0.3, -0.25) is 0 Å². The van der Waals surface area contributed by atoms with Crippen LogP contribution in [0.3, 0.4) is 0 Å². The van der Waals surface area contributed by atoms with Crippen LogP contribution in [0.2, 0.25) is 0 Å². The van der Waals surface area contributed by atoms with Crippen LogP contribution in [-0.4, -0.2) is 9.97 Å². The van der Waals surface area contributed by atoms with Gasteiger partial charge in [-0.15, -0.1) is 0 Å². The van der Waals surface area contributed by atoms with Crippen LogP contribution >= 0.6 is 0 Å². The van der Waals surface area contributed by atoms with Crippen LogP contribution < -0.4 is 0 Å². The molecule has 1 aromatic rings. The zero-order valence-electron chi connectivity index (χ0n) is 7.83. The van der Waals surface area contributed by atoms with E-state index in [0.717, 1.165) is 6.33 Å². The van der Waals surface area contributed by atoms with Gasteiger partial charge in [0.15, 0.2) is 0 Å². The van der Waals surface area contributed by atoms with Crippen molar-refractivity contribution < 1.29 is 8.78 Å². The summed E-state index contributed by atoms with van der Waals surface area (Å²) in [5.41, 5.74) is -0.207. The van der Waals surface area contributed by atoms with Gasteiger partial charge in [-0.2, -0.15) is 5.26 Å². The summed E-state index contributed by atoms with van der Waals surface area (Å²) in [5, 5.41) is 8.73. The molecule has 0 aliphatic carbocycles. The van der Waals surface area contributed by atoms with Crippen molar-refractivity contribution in [1.82, 2.24) is 9.97 Å². The highest BCUT2D eigenvalue weighted by Crippen LogP contribution is 2.24. The molecule has 5 heteroatoms. The molecule has 0 radical (unpaired) electrons. The van der Waals surface area contributed by atoms with E-state index >= 15 is 0 Å². The maximum Gasteiger partial charge on any atom is 0.281 e. The van der Waals surface area contributed by atoms with Crippen molar-refractivity contribution in [3.05, 3.63) is 23.3 Å². The predicted octanol–water partition coefficient (Wildman–Crippen LogP) is 2.41. The molecule has 0 fully saturated rings. The van der Waals surface area contributed by atoms with E-state index in [1.165, 1.54) is 0 Å². The lowest BCUT2D eigenvalue weighted by atomic mass is 10.0. The van der Waals surface area contributed by atoms with Crippen molar-refractivity contribution in [2.45, 2.75) is 26.2 Å². The van der Waals surface area contributed by atoms with E-state index in [-0.39, 0.29) is 11.5 Å². The molecule has 3 nitrogen and oxygen atoms in total. The largest absolute Gasteiger partial charge is 0.281 e. The summed E-state index contributed by atoms with van der Waals surface area (Å²) in [4.78, 5) is 7.23. The molecule has 74 valence electrons. The van der Waals surface area contributed by atoms with Crippen LogP contribution in [0, 0.1) is 11.3 Å². The molecular formula is C9H9F2N3. The van der Waals surface area contributed by atoms with Gasteiger partial charge in [-0.1, -0.05) is 13.8 Å². The highest BCUT2D eigenvalue weighted by molar-refractivity contribution is 5.38. The van der Waals surface area contributed by atoms with Crippen molar-refractivity contribution in [3.8, 4) is 6.07 Å². The summed E-state index contributed by atoms with van der Waals surface area (Å²) in [5.74, 6) is -0.0647. The Morgan fingerprint density at radius 1 is 1.29 bits per heavy atom. The molecule has 1 aromatic heterocycles. The lowest BCUT2D eigenvalue weighted by Crippen LogP contribution is -2.04. The van der Waals surface area contributed by atoms with Crippen molar-refractivity contribution in [2.75, 3.05) is 0 Å². The SMILES string of the molecule is CC(C)c1ncnc(C(F)F)c1C#N. The Morgan fingerprint density at radius 2 is 1.86 bits per heavy atom. The summed E-state index contributed by atoms with van der Waals surface area (Å²) >= 11 is 0. The lowest BCUT2D eigenvalue weighted by molar-refractivity contribution is 0.145. The topological polar surface area (TPSA) is 49.6 Å². The second kappa shape index (κ2) is 4.09. The van der Waals surface area contributed by atoms with Gasteiger partial charge in [0.2, 0.25) is 0 Å². The van der Waals surface area contributed by atoms with Crippen molar-refractivity contribution >= 4 is 0 Å². The molecular weight excluding hydrogens is 188 g/mol. The first kappa shape index (κ1) is 10.5. The minimum atomic E-state index is -2.73. The van der Waals surface area contributed by atoms with Gasteiger partial charge < -0.3 is 0 Å². The molecule has 14 heavy (non-hydrogen) atoms. The zero-order valence-corrected chi connectivity index (χ0v) is 7.83. The summed E-state index contributed by atoms with van der Waals surface area (Å²) in [6.45, 7) is 3.58. The third-order valence-corrected chi connectivity index (χ3v) is 1.77. The second-order valence-electron chi connectivity index (χ2n) is 3.09. The van der Waals surface area contributed by atoms with E-state index in [1.54, 1.807) is 19.9 Å². The highest BCUT2D eigenvalue weighted by Gasteiger charge is 2.19. The molecule has 0 saturated heterocycles. The summed E-state index contributed by atoms with van der Waals surface area (Å²) in [6.07, 6.45) is -1.66. The fourth-order valence-corrected chi connectivity index (χ4v) is 1.13. The van der Waals surface area contributed by atoms with Crippen LogP contribution in [0.25, 0.3) is 0 Å². The van der Waals surface area contributed by atoms with Crippen LogP contribution in [0.1, 0.15) is 43.1 Å². The smallest absolute Gasteiger partial charge is 0.240 e. The molecule has 0 amide bonds. The molecule has 0 atom stereocenters. The number of nitrogens with zero attached hydrogens (tertiary/aromatic N) is 3. The quantitative estimate of drug-likeness (QED) is 0.731. The molecule has 1 rings (SSSR count). The van der Waals surface area contributed by atoms with Crippen molar-refractivity contribution in [1.29, 1.82) is 5.26 Å². The summed E-state index contributed by atoms with van der Waals surface area (Å²) < 4.78 is 24.8. The third kappa shape index (κ3) is 1.84. The van der Waals surface area contributed by atoms with E-state index in [2.05, 4.69) is 9.97 Å². The van der Waals surface area contributed by atoms with Gasteiger partial charge in [0, 0.05) is 0 Å². The van der Waals surface area contributed by atoms with E-state index in [4.69, 9.17) is 5.26 Å². The van der Waals surface area contributed by atoms with Gasteiger partial charge in [0.25, 0.3) is 6.43 Å². The number of nitriles is 1. The monoisotopic (exact) mass is 197 g/mol. The Morgan fingerprint density at radius 3 is 2.29 bits per heavy atom. The van der Waals surface area contributed by atoms with Crippen LogP contribution in [-0.2, 0) is 0 Å². The molecule has 0 aliphatic rings. The van der Waals surface area contributed by atoms with Gasteiger partial charge in [0.1, 0.15) is 23.7 Å². The summed E-state index contributed by atoms with van der Waals surface area (Å²) in [6, 6.07) is 1.72.